The Morgan fingerprint density at radius 3 is 2.69 bits per heavy atom. The Bertz CT molecular complexity index is 1000. The Kier molecular flexibility index (Phi) is 4.55. The second-order valence-electron chi connectivity index (χ2n) is 8.29. The van der Waals surface area contributed by atoms with Crippen molar-refractivity contribution in [3.8, 4) is 5.75 Å². The van der Waals surface area contributed by atoms with Crippen molar-refractivity contribution < 1.29 is 13.9 Å². The van der Waals surface area contributed by atoms with Crippen LogP contribution in [0.1, 0.15) is 41.8 Å². The van der Waals surface area contributed by atoms with Crippen LogP contribution >= 0.6 is 0 Å². The maximum absolute atomic E-state index is 13.0. The lowest BCUT2D eigenvalue weighted by molar-refractivity contribution is 0.00961. The Balaban J connectivity index is 1.28. The van der Waals surface area contributed by atoms with Crippen LogP contribution in [0.2, 0.25) is 0 Å². The van der Waals surface area contributed by atoms with Crippen LogP contribution in [-0.4, -0.2) is 36.0 Å². The number of hydrogen-bond donors (Lipinski definition) is 1. The minimum atomic E-state index is -0.188. The van der Waals surface area contributed by atoms with Gasteiger partial charge < -0.3 is 19.4 Å². The fourth-order valence-electron chi connectivity index (χ4n) is 4.67. The summed E-state index contributed by atoms with van der Waals surface area (Å²) in [6, 6.07) is 18.0. The number of benzene rings is 2. The van der Waals surface area contributed by atoms with Crippen LogP contribution in [-0.2, 0) is 6.54 Å². The summed E-state index contributed by atoms with van der Waals surface area (Å²) >= 11 is 0. The van der Waals surface area contributed by atoms with Gasteiger partial charge in [-0.3, -0.25) is 4.79 Å². The van der Waals surface area contributed by atoms with E-state index in [1.807, 2.05) is 48.3 Å². The van der Waals surface area contributed by atoms with Crippen LogP contribution < -0.4 is 10.1 Å². The molecule has 1 amide bonds. The molecule has 1 spiro atoms. The van der Waals surface area contributed by atoms with E-state index in [1.165, 1.54) is 5.56 Å². The molecule has 2 heterocycles. The first-order valence-electron chi connectivity index (χ1n) is 10.4. The van der Waals surface area contributed by atoms with Crippen LogP contribution in [0.15, 0.2) is 59.0 Å². The standard InChI is InChI=1S/C24H26N2O3/c1-26(23(27)22-14-17-6-2-4-8-20(17)28-22)19-10-12-24(13-11-19)16-25-15-18-7-3-5-9-21(18)29-24/h2-9,14,19,25H,10-13,15-16H2,1H3. The third-order valence-electron chi connectivity index (χ3n) is 6.43. The molecule has 0 unspecified atom stereocenters. The van der Waals surface area contributed by atoms with Gasteiger partial charge in [0.15, 0.2) is 5.76 Å². The molecular weight excluding hydrogens is 364 g/mol. The van der Waals surface area contributed by atoms with Gasteiger partial charge in [-0.2, -0.15) is 0 Å². The number of para-hydroxylation sites is 2. The number of nitrogens with zero attached hydrogens (tertiary/aromatic N) is 1. The molecule has 1 aliphatic carbocycles. The molecule has 1 N–H and O–H groups in total. The van der Waals surface area contributed by atoms with E-state index in [9.17, 15) is 4.79 Å². The first-order valence-corrected chi connectivity index (χ1v) is 10.4. The molecule has 1 saturated carbocycles. The van der Waals surface area contributed by atoms with E-state index in [0.717, 1.165) is 55.5 Å². The molecule has 0 bridgehead atoms. The number of carbonyl (C=O) groups is 1. The molecule has 2 aliphatic rings. The van der Waals surface area contributed by atoms with Crippen molar-refractivity contribution in [3.05, 3.63) is 65.9 Å². The lowest BCUT2D eigenvalue weighted by Gasteiger charge is -2.42. The van der Waals surface area contributed by atoms with Crippen molar-refractivity contribution >= 4 is 16.9 Å². The van der Waals surface area contributed by atoms with Gasteiger partial charge in [0.05, 0.1) is 0 Å². The Morgan fingerprint density at radius 2 is 1.86 bits per heavy atom. The number of hydrogen-bond acceptors (Lipinski definition) is 4. The van der Waals surface area contributed by atoms with E-state index in [1.54, 1.807) is 0 Å². The molecular formula is C24H26N2O3. The van der Waals surface area contributed by atoms with E-state index in [-0.39, 0.29) is 17.6 Å². The topological polar surface area (TPSA) is 54.7 Å². The summed E-state index contributed by atoms with van der Waals surface area (Å²) < 4.78 is 12.3. The van der Waals surface area contributed by atoms with Crippen molar-refractivity contribution in [2.75, 3.05) is 13.6 Å². The van der Waals surface area contributed by atoms with Gasteiger partial charge in [-0.05, 0) is 43.9 Å². The first kappa shape index (κ1) is 18.3. The molecule has 5 nitrogen and oxygen atoms in total. The zero-order valence-corrected chi connectivity index (χ0v) is 16.7. The van der Waals surface area contributed by atoms with Gasteiger partial charge in [0.25, 0.3) is 5.91 Å². The second kappa shape index (κ2) is 7.23. The number of ether oxygens (including phenoxy) is 1. The third kappa shape index (κ3) is 3.40. The summed E-state index contributed by atoms with van der Waals surface area (Å²) in [7, 11) is 1.89. The summed E-state index contributed by atoms with van der Waals surface area (Å²) in [6.45, 7) is 1.68. The van der Waals surface area contributed by atoms with Gasteiger partial charge in [0.2, 0.25) is 0 Å². The molecule has 5 heteroatoms. The number of amides is 1. The average Bonchev–Trinajstić information content (AvgIpc) is 3.10. The van der Waals surface area contributed by atoms with Crippen molar-refractivity contribution in [3.63, 3.8) is 0 Å². The molecule has 0 radical (unpaired) electrons. The fraction of sp³-hybridized carbons (Fsp3) is 0.375. The molecule has 2 aromatic carbocycles. The minimum absolute atomic E-state index is 0.0487. The number of rotatable bonds is 2. The summed E-state index contributed by atoms with van der Waals surface area (Å²) in [5, 5.41) is 4.51. The van der Waals surface area contributed by atoms with Gasteiger partial charge >= 0.3 is 0 Å². The largest absolute Gasteiger partial charge is 0.486 e. The number of nitrogens with one attached hydrogen (secondary N) is 1. The summed E-state index contributed by atoms with van der Waals surface area (Å²) in [4.78, 5) is 14.8. The summed E-state index contributed by atoms with van der Waals surface area (Å²) in [5.41, 5.74) is 1.78. The highest BCUT2D eigenvalue weighted by molar-refractivity contribution is 5.96. The van der Waals surface area contributed by atoms with Crippen molar-refractivity contribution in [1.29, 1.82) is 0 Å². The minimum Gasteiger partial charge on any atom is -0.486 e. The van der Waals surface area contributed by atoms with Crippen LogP contribution in [0.25, 0.3) is 11.0 Å². The van der Waals surface area contributed by atoms with Gasteiger partial charge in [-0.15, -0.1) is 0 Å². The van der Waals surface area contributed by atoms with Crippen molar-refractivity contribution in [2.45, 2.75) is 43.9 Å². The smallest absolute Gasteiger partial charge is 0.289 e. The van der Waals surface area contributed by atoms with Gasteiger partial charge in [-0.1, -0.05) is 36.4 Å². The highest BCUT2D eigenvalue weighted by Gasteiger charge is 2.40. The monoisotopic (exact) mass is 390 g/mol. The third-order valence-corrected chi connectivity index (χ3v) is 6.43. The molecule has 1 aliphatic heterocycles. The normalized spacial score (nSPS) is 24.0. The highest BCUT2D eigenvalue weighted by Crippen LogP contribution is 2.37. The highest BCUT2D eigenvalue weighted by atomic mass is 16.5. The zero-order valence-electron chi connectivity index (χ0n) is 16.7. The van der Waals surface area contributed by atoms with Crippen molar-refractivity contribution in [1.82, 2.24) is 10.2 Å². The molecule has 3 aromatic rings. The molecule has 29 heavy (non-hydrogen) atoms. The van der Waals surface area contributed by atoms with Crippen molar-refractivity contribution in [2.24, 2.45) is 0 Å². The predicted molar refractivity (Wildman–Crippen MR) is 112 cm³/mol. The maximum Gasteiger partial charge on any atom is 0.289 e. The summed E-state index contributed by atoms with van der Waals surface area (Å²) in [5.74, 6) is 1.35. The number of fused-ring (bicyclic) bond motifs is 2. The predicted octanol–water partition coefficient (Wildman–Crippen LogP) is 4.37. The lowest BCUT2D eigenvalue weighted by atomic mass is 9.81. The Labute approximate surface area is 170 Å². The van der Waals surface area contributed by atoms with E-state index < -0.39 is 0 Å². The number of carbonyl (C=O) groups excluding carboxylic acids is 1. The van der Waals surface area contributed by atoms with E-state index in [4.69, 9.17) is 9.15 Å². The molecule has 1 fully saturated rings. The van der Waals surface area contributed by atoms with E-state index >= 15 is 0 Å². The van der Waals surface area contributed by atoms with Crippen LogP contribution in [0.3, 0.4) is 0 Å². The zero-order chi connectivity index (χ0) is 19.8. The maximum atomic E-state index is 13.0. The van der Waals surface area contributed by atoms with Gasteiger partial charge in [-0.25, -0.2) is 0 Å². The quantitative estimate of drug-likeness (QED) is 0.706. The molecule has 1 aromatic heterocycles. The average molecular weight is 390 g/mol. The Hall–Kier alpha value is -2.79. The van der Waals surface area contributed by atoms with Gasteiger partial charge in [0, 0.05) is 37.1 Å². The van der Waals surface area contributed by atoms with Crippen LogP contribution in [0, 0.1) is 0 Å². The number of furan rings is 1. The molecule has 5 rings (SSSR count). The Morgan fingerprint density at radius 1 is 1.10 bits per heavy atom. The fourth-order valence-corrected chi connectivity index (χ4v) is 4.67. The first-order chi connectivity index (χ1) is 14.1. The lowest BCUT2D eigenvalue weighted by Crippen LogP contribution is -2.51. The second-order valence-corrected chi connectivity index (χ2v) is 8.29. The van der Waals surface area contributed by atoms with E-state index in [0.29, 0.717) is 5.76 Å². The van der Waals surface area contributed by atoms with Crippen LogP contribution in [0.4, 0.5) is 0 Å². The van der Waals surface area contributed by atoms with Crippen LogP contribution in [0.5, 0.6) is 5.75 Å². The van der Waals surface area contributed by atoms with Gasteiger partial charge in [0.1, 0.15) is 16.9 Å². The molecule has 0 atom stereocenters. The summed E-state index contributed by atoms with van der Waals surface area (Å²) in [6.07, 6.45) is 3.70. The molecule has 0 saturated heterocycles. The molecule has 150 valence electrons. The van der Waals surface area contributed by atoms with E-state index in [2.05, 4.69) is 23.5 Å². The SMILES string of the molecule is CN(C(=O)c1cc2ccccc2o1)C1CCC2(CC1)CNCc1ccccc1O2.